The third-order valence-electron chi connectivity index (χ3n) is 5.99. The number of carboxylic acids is 1. The number of hydrogen-bond acceptors (Lipinski definition) is 4. The Bertz CT molecular complexity index is 982. The Morgan fingerprint density at radius 1 is 0.970 bits per heavy atom. The summed E-state index contributed by atoms with van der Waals surface area (Å²) in [6, 6.07) is 14.8. The molecule has 0 bridgehead atoms. The van der Waals surface area contributed by atoms with E-state index in [0.29, 0.717) is 6.42 Å². The maximum absolute atomic E-state index is 12.9. The lowest BCUT2D eigenvalue weighted by molar-refractivity contribution is -0.137. The molecule has 3 N–H and O–H groups in total. The zero-order chi connectivity index (χ0) is 24.2. The molecule has 1 aliphatic carbocycles. The summed E-state index contributed by atoms with van der Waals surface area (Å²) in [7, 11) is 0. The van der Waals surface area contributed by atoms with Crippen LogP contribution in [0.15, 0.2) is 48.5 Å². The van der Waals surface area contributed by atoms with Crippen molar-refractivity contribution in [1.82, 2.24) is 10.6 Å². The first-order valence-electron chi connectivity index (χ1n) is 11.3. The molecule has 0 aliphatic heterocycles. The third-order valence-corrected chi connectivity index (χ3v) is 5.99. The van der Waals surface area contributed by atoms with E-state index < -0.39 is 35.5 Å². The number of alkyl carbamates (subject to hydrolysis) is 1. The van der Waals surface area contributed by atoms with Gasteiger partial charge in [0.2, 0.25) is 5.91 Å². The van der Waals surface area contributed by atoms with Crippen molar-refractivity contribution in [2.75, 3.05) is 6.61 Å². The molecule has 176 valence electrons. The number of rotatable bonds is 8. The topological polar surface area (TPSA) is 105 Å². The summed E-state index contributed by atoms with van der Waals surface area (Å²) in [6.07, 6.45) is -0.387. The second-order valence-corrected chi connectivity index (χ2v) is 9.48. The monoisotopic (exact) mass is 452 g/mol. The standard InChI is InChI=1S/C26H32N2O5/c1-5-16(14-22(29)30)27-24(31)23(26(2,3)4)28-25(32)33-15-21-19-12-8-6-10-17(19)18-11-7-9-13-20(18)21/h6-13,16,21,23H,5,14-15H2,1-4H3,(H,27,31)(H,28,32)(H,29,30)/t16-,23?/m0/s1. The largest absolute Gasteiger partial charge is 0.481 e. The van der Waals surface area contributed by atoms with Crippen molar-refractivity contribution in [2.24, 2.45) is 5.41 Å². The molecule has 0 saturated heterocycles. The van der Waals surface area contributed by atoms with Gasteiger partial charge in [-0.05, 0) is 34.1 Å². The average molecular weight is 453 g/mol. The lowest BCUT2D eigenvalue weighted by Gasteiger charge is -2.31. The summed E-state index contributed by atoms with van der Waals surface area (Å²) in [5, 5.41) is 14.5. The van der Waals surface area contributed by atoms with Gasteiger partial charge in [-0.2, -0.15) is 0 Å². The van der Waals surface area contributed by atoms with Crippen LogP contribution >= 0.6 is 0 Å². The fourth-order valence-electron chi connectivity index (χ4n) is 4.23. The number of aliphatic carboxylic acids is 1. The fourth-order valence-corrected chi connectivity index (χ4v) is 4.23. The zero-order valence-electron chi connectivity index (χ0n) is 19.6. The van der Waals surface area contributed by atoms with Gasteiger partial charge in [0, 0.05) is 12.0 Å². The van der Waals surface area contributed by atoms with E-state index in [4.69, 9.17) is 9.84 Å². The minimum absolute atomic E-state index is 0.0786. The Labute approximate surface area is 194 Å². The van der Waals surface area contributed by atoms with Gasteiger partial charge < -0.3 is 20.5 Å². The van der Waals surface area contributed by atoms with Gasteiger partial charge >= 0.3 is 12.1 Å². The predicted octanol–water partition coefficient (Wildman–Crippen LogP) is 4.31. The number of nitrogens with one attached hydrogen (secondary N) is 2. The van der Waals surface area contributed by atoms with Crippen LogP contribution in [0.25, 0.3) is 11.1 Å². The van der Waals surface area contributed by atoms with Gasteiger partial charge in [0.1, 0.15) is 12.6 Å². The van der Waals surface area contributed by atoms with Crippen LogP contribution in [0.3, 0.4) is 0 Å². The van der Waals surface area contributed by atoms with E-state index in [1.165, 1.54) is 0 Å². The van der Waals surface area contributed by atoms with Crippen LogP contribution in [0.2, 0.25) is 0 Å². The van der Waals surface area contributed by atoms with Gasteiger partial charge in [0.15, 0.2) is 0 Å². The molecule has 2 amide bonds. The number of benzene rings is 2. The third kappa shape index (κ3) is 5.72. The summed E-state index contributed by atoms with van der Waals surface area (Å²) < 4.78 is 5.59. The molecule has 0 aromatic heterocycles. The van der Waals surface area contributed by atoms with Crippen molar-refractivity contribution in [3.8, 4) is 11.1 Å². The van der Waals surface area contributed by atoms with E-state index in [2.05, 4.69) is 22.8 Å². The van der Waals surface area contributed by atoms with Crippen LogP contribution in [0.4, 0.5) is 4.79 Å². The van der Waals surface area contributed by atoms with E-state index in [-0.39, 0.29) is 18.9 Å². The second-order valence-electron chi connectivity index (χ2n) is 9.48. The first kappa shape index (κ1) is 24.3. The van der Waals surface area contributed by atoms with Gasteiger partial charge in [-0.15, -0.1) is 0 Å². The van der Waals surface area contributed by atoms with Crippen molar-refractivity contribution < 1.29 is 24.2 Å². The molecule has 1 aliphatic rings. The quantitative estimate of drug-likeness (QED) is 0.554. The molecule has 1 unspecified atom stereocenters. The van der Waals surface area contributed by atoms with Crippen LogP contribution in [-0.4, -0.2) is 41.8 Å². The molecule has 3 rings (SSSR count). The Morgan fingerprint density at radius 3 is 2.00 bits per heavy atom. The number of carboxylic acid groups (broad SMARTS) is 1. The van der Waals surface area contributed by atoms with Gasteiger partial charge in [-0.3, -0.25) is 9.59 Å². The fraction of sp³-hybridized carbons (Fsp3) is 0.423. The molecule has 0 saturated carbocycles. The average Bonchev–Trinajstić information content (AvgIpc) is 3.08. The highest BCUT2D eigenvalue weighted by atomic mass is 16.5. The Balaban J connectivity index is 1.68. The molecule has 0 radical (unpaired) electrons. The molecule has 2 aromatic rings. The smallest absolute Gasteiger partial charge is 0.407 e. The summed E-state index contributed by atoms with van der Waals surface area (Å²) in [4.78, 5) is 36.6. The lowest BCUT2D eigenvalue weighted by atomic mass is 9.86. The van der Waals surface area contributed by atoms with E-state index in [9.17, 15) is 14.4 Å². The van der Waals surface area contributed by atoms with Crippen molar-refractivity contribution in [2.45, 2.75) is 58.5 Å². The predicted molar refractivity (Wildman–Crippen MR) is 126 cm³/mol. The molecular weight excluding hydrogens is 420 g/mol. The van der Waals surface area contributed by atoms with Crippen molar-refractivity contribution in [1.29, 1.82) is 0 Å². The van der Waals surface area contributed by atoms with E-state index in [1.54, 1.807) is 6.92 Å². The molecule has 0 heterocycles. The molecule has 2 aromatic carbocycles. The van der Waals surface area contributed by atoms with Crippen molar-refractivity contribution in [3.63, 3.8) is 0 Å². The molecule has 0 fully saturated rings. The number of amides is 2. The highest BCUT2D eigenvalue weighted by Gasteiger charge is 2.35. The van der Waals surface area contributed by atoms with Gasteiger partial charge in [0.25, 0.3) is 0 Å². The number of carbonyl (C=O) groups excluding carboxylic acids is 2. The van der Waals surface area contributed by atoms with Crippen LogP contribution in [-0.2, 0) is 14.3 Å². The SMILES string of the molecule is CC[C@@H](CC(=O)O)NC(=O)C(NC(=O)OCC1c2ccccc2-c2ccccc21)C(C)(C)C. The highest BCUT2D eigenvalue weighted by molar-refractivity contribution is 5.87. The molecule has 7 heteroatoms. The van der Waals surface area contributed by atoms with E-state index in [0.717, 1.165) is 22.3 Å². The summed E-state index contributed by atoms with van der Waals surface area (Å²) in [5.74, 6) is -1.49. The van der Waals surface area contributed by atoms with Crippen molar-refractivity contribution in [3.05, 3.63) is 59.7 Å². The van der Waals surface area contributed by atoms with Crippen LogP contribution in [0.1, 0.15) is 57.6 Å². The first-order chi connectivity index (χ1) is 15.6. The highest BCUT2D eigenvalue weighted by Crippen LogP contribution is 2.44. The molecule has 0 spiro atoms. The minimum Gasteiger partial charge on any atom is -0.481 e. The van der Waals surface area contributed by atoms with Crippen LogP contribution < -0.4 is 10.6 Å². The normalized spacial score (nSPS) is 14.5. The first-order valence-corrected chi connectivity index (χ1v) is 11.3. The maximum Gasteiger partial charge on any atom is 0.407 e. The summed E-state index contributed by atoms with van der Waals surface area (Å²) in [6.45, 7) is 7.45. The Hall–Kier alpha value is -3.35. The lowest BCUT2D eigenvalue weighted by Crippen LogP contribution is -2.55. The van der Waals surface area contributed by atoms with Gasteiger partial charge in [0.05, 0.1) is 6.42 Å². The number of hydrogen-bond donors (Lipinski definition) is 3. The van der Waals surface area contributed by atoms with Gasteiger partial charge in [-0.1, -0.05) is 76.2 Å². The molecule has 33 heavy (non-hydrogen) atoms. The van der Waals surface area contributed by atoms with E-state index in [1.807, 2.05) is 57.2 Å². The summed E-state index contributed by atoms with van der Waals surface area (Å²) >= 11 is 0. The van der Waals surface area contributed by atoms with E-state index >= 15 is 0 Å². The second kappa shape index (κ2) is 10.1. The zero-order valence-corrected chi connectivity index (χ0v) is 19.6. The Morgan fingerprint density at radius 2 is 1.52 bits per heavy atom. The summed E-state index contributed by atoms with van der Waals surface area (Å²) in [5.41, 5.74) is 3.89. The van der Waals surface area contributed by atoms with Crippen molar-refractivity contribution >= 4 is 18.0 Å². The number of carbonyl (C=O) groups is 3. The minimum atomic E-state index is -0.987. The number of fused-ring (bicyclic) bond motifs is 3. The molecule has 2 atom stereocenters. The number of ether oxygens (including phenoxy) is 1. The Kier molecular flexibility index (Phi) is 7.41. The molecular formula is C26H32N2O5. The van der Waals surface area contributed by atoms with Crippen LogP contribution in [0, 0.1) is 5.41 Å². The van der Waals surface area contributed by atoms with Gasteiger partial charge in [-0.25, -0.2) is 4.79 Å². The molecule has 7 nitrogen and oxygen atoms in total. The van der Waals surface area contributed by atoms with Crippen LogP contribution in [0.5, 0.6) is 0 Å². The maximum atomic E-state index is 12.9.